The molecule has 0 bridgehead atoms. The Balaban J connectivity index is 2.13. The van der Waals surface area contributed by atoms with E-state index in [4.69, 9.17) is 10.5 Å². The molecule has 2 N–H and O–H groups in total. The quantitative estimate of drug-likeness (QED) is 0.875. The lowest BCUT2D eigenvalue weighted by Crippen LogP contribution is -2.25. The lowest BCUT2D eigenvalue weighted by molar-refractivity contribution is -0.129. The maximum atomic E-state index is 12.1. The van der Waals surface area contributed by atoms with Gasteiger partial charge in [0, 0.05) is 19.7 Å². The largest absolute Gasteiger partial charge is 0.497 e. The Kier molecular flexibility index (Phi) is 2.58. The van der Waals surface area contributed by atoms with Crippen molar-refractivity contribution in [2.24, 2.45) is 0 Å². The molecule has 1 amide bonds. The van der Waals surface area contributed by atoms with Crippen LogP contribution in [0.5, 0.6) is 5.75 Å². The zero-order valence-electron chi connectivity index (χ0n) is 11.0. The zero-order valence-corrected chi connectivity index (χ0v) is 11.0. The number of carbonyl (C=O) groups excluding carboxylic acids is 1. The summed E-state index contributed by atoms with van der Waals surface area (Å²) in [5.41, 5.74) is 7.59. The van der Waals surface area contributed by atoms with Gasteiger partial charge >= 0.3 is 0 Å². The van der Waals surface area contributed by atoms with Gasteiger partial charge in [-0.3, -0.25) is 9.36 Å². The normalized spacial score (nSPS) is 19.4. The van der Waals surface area contributed by atoms with Gasteiger partial charge in [0.15, 0.2) is 0 Å². The van der Waals surface area contributed by atoms with Gasteiger partial charge in [-0.25, -0.2) is 4.98 Å². The number of hydrogen-bond donors (Lipinski definition) is 1. The molecule has 2 heterocycles. The second-order valence-electron chi connectivity index (χ2n) is 4.76. The molecule has 0 saturated carbocycles. The number of likely N-dealkylation sites (N-methyl/N-ethyl adjacent to an activating group) is 1. The van der Waals surface area contributed by atoms with Crippen molar-refractivity contribution >= 4 is 22.9 Å². The molecule has 1 saturated heterocycles. The number of aromatic nitrogens is 2. The molecule has 1 fully saturated rings. The van der Waals surface area contributed by atoms with Crippen LogP contribution < -0.4 is 10.5 Å². The number of anilines is 1. The number of benzene rings is 1. The van der Waals surface area contributed by atoms with E-state index in [0.29, 0.717) is 5.95 Å². The monoisotopic (exact) mass is 260 g/mol. The number of likely N-dealkylation sites (tertiary alicyclic amines) is 1. The standard InChI is InChI=1S/C13H16N4O2/c1-16-6-5-11(12(16)18)17-10-4-3-8(19-2)7-9(10)15-13(17)14/h3-4,7,11H,5-6H2,1-2H3,(H2,14,15). The molecule has 0 spiro atoms. The molecular formula is C13H16N4O2. The van der Waals surface area contributed by atoms with Gasteiger partial charge in [-0.1, -0.05) is 0 Å². The average Bonchev–Trinajstić information content (AvgIpc) is 2.89. The van der Waals surface area contributed by atoms with Crippen LogP contribution in [0.15, 0.2) is 18.2 Å². The van der Waals surface area contributed by atoms with E-state index in [0.717, 1.165) is 29.7 Å². The first-order chi connectivity index (χ1) is 9.11. The van der Waals surface area contributed by atoms with Gasteiger partial charge in [0.1, 0.15) is 11.8 Å². The Morgan fingerprint density at radius 1 is 1.47 bits per heavy atom. The van der Waals surface area contributed by atoms with E-state index in [2.05, 4.69) is 4.98 Å². The summed E-state index contributed by atoms with van der Waals surface area (Å²) in [5, 5.41) is 0. The minimum Gasteiger partial charge on any atom is -0.497 e. The summed E-state index contributed by atoms with van der Waals surface area (Å²) in [6, 6.07) is 5.32. The van der Waals surface area contributed by atoms with Gasteiger partial charge in [0.25, 0.3) is 0 Å². The summed E-state index contributed by atoms with van der Waals surface area (Å²) in [7, 11) is 3.41. The summed E-state index contributed by atoms with van der Waals surface area (Å²) < 4.78 is 6.99. The maximum Gasteiger partial charge on any atom is 0.245 e. The van der Waals surface area contributed by atoms with E-state index < -0.39 is 0 Å². The first-order valence-electron chi connectivity index (χ1n) is 6.18. The second-order valence-corrected chi connectivity index (χ2v) is 4.76. The lowest BCUT2D eigenvalue weighted by Gasteiger charge is -2.14. The molecule has 100 valence electrons. The van der Waals surface area contributed by atoms with Crippen LogP contribution in [-0.4, -0.2) is 41.1 Å². The van der Waals surface area contributed by atoms with Gasteiger partial charge in [0.05, 0.1) is 18.1 Å². The van der Waals surface area contributed by atoms with Crippen molar-refractivity contribution in [1.29, 1.82) is 0 Å². The van der Waals surface area contributed by atoms with E-state index in [1.165, 1.54) is 0 Å². The lowest BCUT2D eigenvalue weighted by atomic mass is 10.2. The molecule has 1 aromatic carbocycles. The SMILES string of the molecule is COc1ccc2c(c1)nc(N)n2C1CCN(C)C1=O. The third-order valence-corrected chi connectivity index (χ3v) is 3.63. The molecule has 2 aromatic rings. The van der Waals surface area contributed by atoms with Crippen molar-refractivity contribution in [3.8, 4) is 5.75 Å². The Morgan fingerprint density at radius 3 is 2.89 bits per heavy atom. The van der Waals surface area contributed by atoms with Crippen LogP contribution in [0.25, 0.3) is 11.0 Å². The fraction of sp³-hybridized carbons (Fsp3) is 0.385. The Bertz CT molecular complexity index is 649. The predicted octanol–water partition coefficient (Wildman–Crippen LogP) is 1.03. The van der Waals surface area contributed by atoms with Crippen molar-refractivity contribution < 1.29 is 9.53 Å². The van der Waals surface area contributed by atoms with Crippen molar-refractivity contribution in [1.82, 2.24) is 14.5 Å². The predicted molar refractivity (Wildman–Crippen MR) is 72.0 cm³/mol. The van der Waals surface area contributed by atoms with Gasteiger partial charge in [0.2, 0.25) is 11.9 Å². The molecule has 6 heteroatoms. The highest BCUT2D eigenvalue weighted by atomic mass is 16.5. The van der Waals surface area contributed by atoms with Crippen LogP contribution in [0.1, 0.15) is 12.5 Å². The maximum absolute atomic E-state index is 12.1. The highest BCUT2D eigenvalue weighted by Crippen LogP contribution is 2.31. The van der Waals surface area contributed by atoms with Crippen LogP contribution in [0.3, 0.4) is 0 Å². The summed E-state index contributed by atoms with van der Waals surface area (Å²) in [5.74, 6) is 1.19. The van der Waals surface area contributed by atoms with Crippen LogP contribution in [0, 0.1) is 0 Å². The number of nitrogens with zero attached hydrogens (tertiary/aromatic N) is 3. The number of nitrogen functional groups attached to an aromatic ring is 1. The van der Waals surface area contributed by atoms with Crippen molar-refractivity contribution in [3.63, 3.8) is 0 Å². The number of hydrogen-bond acceptors (Lipinski definition) is 4. The number of ether oxygens (including phenoxy) is 1. The third-order valence-electron chi connectivity index (χ3n) is 3.63. The minimum atomic E-state index is -0.247. The first-order valence-corrected chi connectivity index (χ1v) is 6.18. The van der Waals surface area contributed by atoms with Crippen molar-refractivity contribution in [3.05, 3.63) is 18.2 Å². The molecular weight excluding hydrogens is 244 g/mol. The summed E-state index contributed by atoms with van der Waals surface area (Å²) in [6.07, 6.45) is 0.761. The third kappa shape index (κ3) is 1.71. The molecule has 1 aromatic heterocycles. The van der Waals surface area contributed by atoms with Gasteiger partial charge in [-0.05, 0) is 18.6 Å². The van der Waals surface area contributed by atoms with E-state index in [1.54, 1.807) is 19.1 Å². The van der Waals surface area contributed by atoms with Crippen molar-refractivity contribution in [2.75, 3.05) is 26.4 Å². The number of amides is 1. The van der Waals surface area contributed by atoms with E-state index in [9.17, 15) is 4.79 Å². The van der Waals surface area contributed by atoms with Crippen LogP contribution >= 0.6 is 0 Å². The Labute approximate surface area is 110 Å². The van der Waals surface area contributed by atoms with E-state index in [1.807, 2.05) is 22.8 Å². The number of fused-ring (bicyclic) bond motifs is 1. The molecule has 1 atom stereocenters. The smallest absolute Gasteiger partial charge is 0.245 e. The van der Waals surface area contributed by atoms with Gasteiger partial charge in [-0.15, -0.1) is 0 Å². The molecule has 0 aliphatic carbocycles. The summed E-state index contributed by atoms with van der Waals surface area (Å²) in [4.78, 5) is 18.2. The van der Waals surface area contributed by atoms with Crippen LogP contribution in [0.2, 0.25) is 0 Å². The topological polar surface area (TPSA) is 73.4 Å². The molecule has 1 aliphatic rings. The van der Waals surface area contributed by atoms with Crippen LogP contribution in [-0.2, 0) is 4.79 Å². The molecule has 1 unspecified atom stereocenters. The minimum absolute atomic E-state index is 0.0850. The molecule has 6 nitrogen and oxygen atoms in total. The van der Waals surface area contributed by atoms with Crippen molar-refractivity contribution in [2.45, 2.75) is 12.5 Å². The summed E-state index contributed by atoms with van der Waals surface area (Å²) >= 11 is 0. The Hall–Kier alpha value is -2.24. The summed E-state index contributed by atoms with van der Waals surface area (Å²) in [6.45, 7) is 0.749. The fourth-order valence-corrected chi connectivity index (χ4v) is 2.60. The molecule has 1 aliphatic heterocycles. The molecule has 0 radical (unpaired) electrons. The van der Waals surface area contributed by atoms with E-state index in [-0.39, 0.29) is 11.9 Å². The van der Waals surface area contributed by atoms with Crippen LogP contribution in [0.4, 0.5) is 5.95 Å². The molecule has 3 rings (SSSR count). The molecule has 19 heavy (non-hydrogen) atoms. The number of rotatable bonds is 2. The van der Waals surface area contributed by atoms with E-state index >= 15 is 0 Å². The zero-order chi connectivity index (χ0) is 13.6. The average molecular weight is 260 g/mol. The number of imidazole rings is 1. The fourth-order valence-electron chi connectivity index (χ4n) is 2.60. The number of methoxy groups -OCH3 is 1. The number of carbonyl (C=O) groups is 1. The first kappa shape index (κ1) is 11.8. The van der Waals surface area contributed by atoms with Gasteiger partial charge < -0.3 is 15.4 Å². The second kappa shape index (κ2) is 4.15. The Morgan fingerprint density at radius 2 is 2.26 bits per heavy atom. The highest BCUT2D eigenvalue weighted by molar-refractivity contribution is 5.87. The highest BCUT2D eigenvalue weighted by Gasteiger charge is 2.32. The van der Waals surface area contributed by atoms with Gasteiger partial charge in [-0.2, -0.15) is 0 Å². The number of nitrogens with two attached hydrogens (primary N) is 1.